The molecule has 1 aromatic rings. The minimum absolute atomic E-state index is 0.180. The average molecular weight is 267 g/mol. The molecule has 0 radical (unpaired) electrons. The van der Waals surface area contributed by atoms with Crippen LogP contribution in [0.2, 0.25) is 0 Å². The van der Waals surface area contributed by atoms with Crippen LogP contribution in [0.15, 0.2) is 24.3 Å². The van der Waals surface area contributed by atoms with Gasteiger partial charge in [-0.1, -0.05) is 12.1 Å². The van der Waals surface area contributed by atoms with Gasteiger partial charge in [0.15, 0.2) is 0 Å². The highest BCUT2D eigenvalue weighted by Gasteiger charge is 2.23. The van der Waals surface area contributed by atoms with E-state index in [0.717, 1.165) is 31.5 Å². The molecule has 1 heterocycles. The Kier molecular flexibility index (Phi) is 4.64. The molecule has 0 aromatic heterocycles. The Balaban J connectivity index is 1.92. The molecule has 0 bridgehead atoms. The Morgan fingerprint density at radius 3 is 2.72 bits per heavy atom. The van der Waals surface area contributed by atoms with Crippen LogP contribution in [0.4, 0.5) is 4.39 Å². The number of likely N-dealkylation sites (tertiary alicyclic amines) is 1. The molecule has 2 rings (SSSR count). The molecule has 0 saturated carbocycles. The molecule has 0 unspecified atom stereocenters. The molecule has 1 saturated heterocycles. The van der Waals surface area contributed by atoms with Gasteiger partial charge in [-0.25, -0.2) is 4.39 Å². The van der Waals surface area contributed by atoms with Gasteiger partial charge in [0.1, 0.15) is 5.82 Å². The summed E-state index contributed by atoms with van der Waals surface area (Å²) in [7, 11) is 0. The molecule has 1 fully saturated rings. The van der Waals surface area contributed by atoms with Crippen molar-refractivity contribution in [1.82, 2.24) is 4.90 Å². The van der Waals surface area contributed by atoms with Crippen LogP contribution in [0.25, 0.3) is 0 Å². The predicted octanol–water partition coefficient (Wildman–Crippen LogP) is 2.85. The number of nitrogens with zero attached hydrogens (tertiary/aromatic N) is 1. The van der Waals surface area contributed by atoms with Crippen LogP contribution in [0.3, 0.4) is 0 Å². The normalized spacial score (nSPS) is 16.9. The number of carbonyl (C=O) groups excluding carboxylic acids is 1. The summed E-state index contributed by atoms with van der Waals surface area (Å²) in [5, 5.41) is 0. The summed E-state index contributed by atoms with van der Waals surface area (Å²) in [6.07, 6.45) is 2.34. The van der Waals surface area contributed by atoms with E-state index in [2.05, 4.69) is 12.6 Å². The summed E-state index contributed by atoms with van der Waals surface area (Å²) in [4.78, 5) is 13.6. The van der Waals surface area contributed by atoms with Crippen LogP contribution in [0.1, 0.15) is 30.7 Å². The minimum atomic E-state index is -0.180. The Morgan fingerprint density at radius 2 is 2.11 bits per heavy atom. The highest BCUT2D eigenvalue weighted by molar-refractivity contribution is 7.80. The van der Waals surface area contributed by atoms with E-state index in [0.29, 0.717) is 18.1 Å². The zero-order valence-electron chi connectivity index (χ0n) is 10.3. The van der Waals surface area contributed by atoms with Crippen molar-refractivity contribution in [2.24, 2.45) is 0 Å². The second kappa shape index (κ2) is 6.23. The molecule has 1 amide bonds. The van der Waals surface area contributed by atoms with Crippen molar-refractivity contribution < 1.29 is 9.18 Å². The number of piperidine rings is 1. The van der Waals surface area contributed by atoms with Gasteiger partial charge in [0.05, 0.1) is 0 Å². The zero-order valence-corrected chi connectivity index (χ0v) is 11.2. The molecule has 98 valence electrons. The number of amides is 1. The molecule has 1 aliphatic heterocycles. The molecule has 1 aliphatic rings. The fourth-order valence-electron chi connectivity index (χ4n) is 2.48. The smallest absolute Gasteiger partial charge is 0.223 e. The molecular formula is C14H18FNOS. The number of hydrogen-bond acceptors (Lipinski definition) is 2. The van der Waals surface area contributed by atoms with Gasteiger partial charge in [-0.05, 0) is 42.2 Å². The lowest BCUT2D eigenvalue weighted by Gasteiger charge is -2.32. The molecule has 0 aliphatic carbocycles. The number of halogens is 1. The molecule has 2 nitrogen and oxygen atoms in total. The minimum Gasteiger partial charge on any atom is -0.343 e. The van der Waals surface area contributed by atoms with Gasteiger partial charge in [-0.2, -0.15) is 12.6 Å². The Labute approximate surface area is 113 Å². The van der Waals surface area contributed by atoms with Gasteiger partial charge >= 0.3 is 0 Å². The van der Waals surface area contributed by atoms with Crippen molar-refractivity contribution in [1.29, 1.82) is 0 Å². The molecule has 4 heteroatoms. The summed E-state index contributed by atoms with van der Waals surface area (Å²) < 4.78 is 13.2. The third kappa shape index (κ3) is 3.25. The average Bonchev–Trinajstić information content (AvgIpc) is 2.39. The van der Waals surface area contributed by atoms with Crippen LogP contribution in [-0.2, 0) is 4.79 Å². The SMILES string of the molecule is O=C(CCS)N1CCC(c2cccc(F)c2)CC1. The van der Waals surface area contributed by atoms with E-state index in [9.17, 15) is 9.18 Å². The van der Waals surface area contributed by atoms with E-state index >= 15 is 0 Å². The first kappa shape index (κ1) is 13.4. The van der Waals surface area contributed by atoms with Gasteiger partial charge in [-0.15, -0.1) is 0 Å². The first-order chi connectivity index (χ1) is 8.70. The summed E-state index contributed by atoms with van der Waals surface area (Å²) in [6, 6.07) is 6.80. The van der Waals surface area contributed by atoms with Crippen LogP contribution in [-0.4, -0.2) is 29.6 Å². The van der Waals surface area contributed by atoms with Crippen LogP contribution in [0, 0.1) is 5.82 Å². The lowest BCUT2D eigenvalue weighted by atomic mass is 9.89. The topological polar surface area (TPSA) is 20.3 Å². The summed E-state index contributed by atoms with van der Waals surface area (Å²) in [5.41, 5.74) is 1.05. The lowest BCUT2D eigenvalue weighted by Crippen LogP contribution is -2.38. The van der Waals surface area contributed by atoms with Crippen molar-refractivity contribution in [3.8, 4) is 0 Å². The van der Waals surface area contributed by atoms with Crippen LogP contribution >= 0.6 is 12.6 Å². The number of rotatable bonds is 3. The van der Waals surface area contributed by atoms with Gasteiger partial charge in [0, 0.05) is 19.5 Å². The largest absolute Gasteiger partial charge is 0.343 e. The first-order valence-electron chi connectivity index (χ1n) is 6.35. The Hall–Kier alpha value is -1.03. The molecule has 0 spiro atoms. The maximum absolute atomic E-state index is 13.2. The Morgan fingerprint density at radius 1 is 1.39 bits per heavy atom. The number of benzene rings is 1. The van der Waals surface area contributed by atoms with Gasteiger partial charge in [0.2, 0.25) is 5.91 Å². The molecular weight excluding hydrogens is 249 g/mol. The van der Waals surface area contributed by atoms with E-state index in [-0.39, 0.29) is 11.7 Å². The van der Waals surface area contributed by atoms with Gasteiger partial charge < -0.3 is 4.90 Å². The number of carbonyl (C=O) groups is 1. The molecule has 0 N–H and O–H groups in total. The zero-order chi connectivity index (χ0) is 13.0. The fourth-order valence-corrected chi connectivity index (χ4v) is 2.67. The van der Waals surface area contributed by atoms with E-state index in [1.54, 1.807) is 12.1 Å². The molecule has 1 aromatic carbocycles. The van der Waals surface area contributed by atoms with Crippen molar-refractivity contribution in [2.75, 3.05) is 18.8 Å². The van der Waals surface area contributed by atoms with Gasteiger partial charge in [0.25, 0.3) is 0 Å². The highest BCUT2D eigenvalue weighted by Crippen LogP contribution is 2.28. The molecule has 18 heavy (non-hydrogen) atoms. The quantitative estimate of drug-likeness (QED) is 0.835. The maximum atomic E-state index is 13.2. The number of thiol groups is 1. The third-order valence-corrected chi connectivity index (χ3v) is 3.72. The predicted molar refractivity (Wildman–Crippen MR) is 73.4 cm³/mol. The standard InChI is InChI=1S/C14H18FNOS/c15-13-3-1-2-12(10-13)11-4-7-16(8-5-11)14(17)6-9-18/h1-3,10-11,18H,4-9H2. The van der Waals surface area contributed by atoms with Crippen LogP contribution < -0.4 is 0 Å². The second-order valence-corrected chi connectivity index (χ2v) is 5.13. The summed E-state index contributed by atoms with van der Waals surface area (Å²) >= 11 is 4.08. The van der Waals surface area contributed by atoms with E-state index in [1.165, 1.54) is 6.07 Å². The van der Waals surface area contributed by atoms with Crippen molar-refractivity contribution in [2.45, 2.75) is 25.2 Å². The summed E-state index contributed by atoms with van der Waals surface area (Å²) in [5.74, 6) is 0.979. The fraction of sp³-hybridized carbons (Fsp3) is 0.500. The van der Waals surface area contributed by atoms with E-state index in [1.807, 2.05) is 11.0 Å². The Bertz CT molecular complexity index is 416. The highest BCUT2D eigenvalue weighted by atomic mass is 32.1. The maximum Gasteiger partial charge on any atom is 0.223 e. The van der Waals surface area contributed by atoms with E-state index in [4.69, 9.17) is 0 Å². The van der Waals surface area contributed by atoms with Crippen molar-refractivity contribution in [3.05, 3.63) is 35.6 Å². The van der Waals surface area contributed by atoms with Crippen LogP contribution in [0.5, 0.6) is 0 Å². The van der Waals surface area contributed by atoms with Crippen molar-refractivity contribution in [3.63, 3.8) is 0 Å². The van der Waals surface area contributed by atoms with Crippen molar-refractivity contribution >= 4 is 18.5 Å². The third-order valence-electron chi connectivity index (χ3n) is 3.49. The second-order valence-electron chi connectivity index (χ2n) is 4.68. The number of hydrogen-bond donors (Lipinski definition) is 1. The monoisotopic (exact) mass is 267 g/mol. The van der Waals surface area contributed by atoms with E-state index < -0.39 is 0 Å². The lowest BCUT2D eigenvalue weighted by molar-refractivity contribution is -0.131. The van der Waals surface area contributed by atoms with Gasteiger partial charge in [-0.3, -0.25) is 4.79 Å². The molecule has 0 atom stereocenters. The first-order valence-corrected chi connectivity index (χ1v) is 6.98. The summed E-state index contributed by atoms with van der Waals surface area (Å²) in [6.45, 7) is 1.54.